The van der Waals surface area contributed by atoms with E-state index in [1.807, 2.05) is 0 Å². The number of nitrogens with one attached hydrogen (secondary N) is 1. The quantitative estimate of drug-likeness (QED) is 0.604. The van der Waals surface area contributed by atoms with Crippen LogP contribution >= 0.6 is 34.7 Å². The van der Waals surface area contributed by atoms with Crippen LogP contribution in [0.2, 0.25) is 5.02 Å². The van der Waals surface area contributed by atoms with Crippen molar-refractivity contribution in [2.24, 2.45) is 0 Å². The summed E-state index contributed by atoms with van der Waals surface area (Å²) in [5, 5.41) is 10.3. The number of benzene rings is 1. The Balaban J connectivity index is 1.61. The predicted molar refractivity (Wildman–Crippen MR) is 102 cm³/mol. The molecule has 0 aliphatic carbocycles. The molecule has 0 radical (unpaired) electrons. The number of carbonyl (C=O) groups excluding carboxylic acids is 1. The molecule has 5 nitrogen and oxygen atoms in total. The zero-order valence-electron chi connectivity index (χ0n) is 12.9. The maximum absolute atomic E-state index is 13.3. The molecular weight excluding hydrogens is 397 g/mol. The van der Waals surface area contributed by atoms with E-state index in [1.165, 1.54) is 28.4 Å². The van der Waals surface area contributed by atoms with Crippen molar-refractivity contribution in [3.63, 3.8) is 0 Å². The molecule has 0 bridgehead atoms. The molecule has 9 heteroatoms. The first-order valence-corrected chi connectivity index (χ1v) is 9.37. The number of halogens is 2. The number of anilines is 1. The number of amidine groups is 1. The van der Waals surface area contributed by atoms with Crippen molar-refractivity contribution in [1.82, 2.24) is 4.98 Å². The van der Waals surface area contributed by atoms with Crippen molar-refractivity contribution in [2.45, 2.75) is 0 Å². The second-order valence-corrected chi connectivity index (χ2v) is 7.51. The van der Waals surface area contributed by atoms with Crippen LogP contribution in [0.25, 0.3) is 17.4 Å². The normalized spacial score (nSPS) is 16.1. The van der Waals surface area contributed by atoms with Crippen LogP contribution < -0.4 is 4.90 Å². The summed E-state index contributed by atoms with van der Waals surface area (Å²) in [7, 11) is 0. The fourth-order valence-electron chi connectivity index (χ4n) is 2.35. The van der Waals surface area contributed by atoms with Crippen LogP contribution in [0.3, 0.4) is 0 Å². The van der Waals surface area contributed by atoms with E-state index in [0.29, 0.717) is 27.1 Å². The molecule has 130 valence electrons. The van der Waals surface area contributed by atoms with Gasteiger partial charge in [0.2, 0.25) is 0 Å². The van der Waals surface area contributed by atoms with E-state index < -0.39 is 5.82 Å². The molecule has 0 spiro atoms. The Morgan fingerprint density at radius 3 is 2.88 bits per heavy atom. The predicted octanol–water partition coefficient (Wildman–Crippen LogP) is 5.25. The van der Waals surface area contributed by atoms with Gasteiger partial charge in [0.15, 0.2) is 10.3 Å². The van der Waals surface area contributed by atoms with Gasteiger partial charge in [-0.2, -0.15) is 0 Å². The number of hydrogen-bond donors (Lipinski definition) is 1. The summed E-state index contributed by atoms with van der Waals surface area (Å²) in [4.78, 5) is 18.2. The van der Waals surface area contributed by atoms with E-state index in [2.05, 4.69) is 4.98 Å². The Bertz CT molecular complexity index is 1050. The maximum atomic E-state index is 13.3. The zero-order valence-corrected chi connectivity index (χ0v) is 15.3. The molecule has 0 saturated carbocycles. The van der Waals surface area contributed by atoms with Gasteiger partial charge in [-0.25, -0.2) is 14.3 Å². The number of hydrogen-bond acceptors (Lipinski definition) is 6. The van der Waals surface area contributed by atoms with Gasteiger partial charge in [0, 0.05) is 23.2 Å². The third kappa shape index (κ3) is 3.07. The Hall–Kier alpha value is -2.42. The number of thioether (sulfide) groups is 1. The molecule has 1 aliphatic heterocycles. The molecule has 3 heterocycles. The van der Waals surface area contributed by atoms with Crippen LogP contribution in [0, 0.1) is 11.2 Å². The van der Waals surface area contributed by atoms with Gasteiger partial charge >= 0.3 is 0 Å². The molecule has 1 aliphatic rings. The average molecular weight is 406 g/mol. The Morgan fingerprint density at radius 2 is 2.15 bits per heavy atom. The van der Waals surface area contributed by atoms with E-state index in [0.717, 1.165) is 11.8 Å². The molecule has 4 rings (SSSR count). The SMILES string of the molecule is N=C1SC(=Cc2ccc(-c3ccc(F)c(Cl)c3)o2)C(=O)N1c1nccs1. The summed E-state index contributed by atoms with van der Waals surface area (Å²) in [5.74, 6) is 0.127. The van der Waals surface area contributed by atoms with Gasteiger partial charge in [-0.3, -0.25) is 10.2 Å². The van der Waals surface area contributed by atoms with E-state index in [1.54, 1.807) is 35.9 Å². The van der Waals surface area contributed by atoms with Gasteiger partial charge in [0.1, 0.15) is 17.3 Å². The highest BCUT2D eigenvalue weighted by Gasteiger charge is 2.35. The summed E-state index contributed by atoms with van der Waals surface area (Å²) in [6.45, 7) is 0. The minimum absolute atomic E-state index is 0.00729. The summed E-state index contributed by atoms with van der Waals surface area (Å²) in [5.41, 5.74) is 0.628. The van der Waals surface area contributed by atoms with Crippen LogP contribution in [0.5, 0.6) is 0 Å². The maximum Gasteiger partial charge on any atom is 0.273 e. The Labute approximate surface area is 160 Å². The van der Waals surface area contributed by atoms with Gasteiger partial charge in [0.25, 0.3) is 5.91 Å². The molecule has 1 fully saturated rings. The van der Waals surface area contributed by atoms with E-state index in [-0.39, 0.29) is 16.1 Å². The van der Waals surface area contributed by atoms with Gasteiger partial charge in [-0.15, -0.1) is 11.3 Å². The topological polar surface area (TPSA) is 70.2 Å². The minimum Gasteiger partial charge on any atom is -0.457 e. The average Bonchev–Trinajstić information content (AvgIpc) is 3.33. The Kier molecular flexibility index (Phi) is 4.39. The number of rotatable bonds is 3. The highest BCUT2D eigenvalue weighted by atomic mass is 35.5. The fourth-order valence-corrected chi connectivity index (χ4v) is 4.06. The molecule has 1 saturated heterocycles. The first kappa shape index (κ1) is 17.0. The number of aromatic nitrogens is 1. The molecule has 1 aromatic carbocycles. The van der Waals surface area contributed by atoms with Gasteiger partial charge in [-0.1, -0.05) is 11.6 Å². The van der Waals surface area contributed by atoms with Crippen LogP contribution in [0.4, 0.5) is 9.52 Å². The van der Waals surface area contributed by atoms with Crippen molar-refractivity contribution in [3.05, 3.63) is 63.4 Å². The van der Waals surface area contributed by atoms with Crippen LogP contribution in [0.15, 0.2) is 51.2 Å². The largest absolute Gasteiger partial charge is 0.457 e. The monoisotopic (exact) mass is 405 g/mol. The van der Waals surface area contributed by atoms with Gasteiger partial charge < -0.3 is 4.42 Å². The highest BCUT2D eigenvalue weighted by Crippen LogP contribution is 2.36. The molecular formula is C17H9ClFN3O2S2. The standard InChI is InChI=1S/C17H9ClFN3O2S2/c18-11-7-9(1-3-12(11)19)13-4-2-10(24-13)8-14-15(23)22(16(20)26-14)17-21-5-6-25-17/h1-8,20H. The fraction of sp³-hybridized carbons (Fsp3) is 0. The smallest absolute Gasteiger partial charge is 0.273 e. The van der Waals surface area contributed by atoms with E-state index in [4.69, 9.17) is 21.4 Å². The third-order valence-corrected chi connectivity index (χ3v) is 5.47. The van der Waals surface area contributed by atoms with Crippen molar-refractivity contribution >= 4 is 57.0 Å². The molecule has 1 amide bonds. The number of furan rings is 1. The molecule has 3 aromatic rings. The summed E-state index contributed by atoms with van der Waals surface area (Å²) >= 11 is 8.12. The lowest BCUT2D eigenvalue weighted by Crippen LogP contribution is -2.27. The lowest BCUT2D eigenvalue weighted by Gasteiger charge is -2.08. The molecule has 26 heavy (non-hydrogen) atoms. The molecule has 0 unspecified atom stereocenters. The summed E-state index contributed by atoms with van der Waals surface area (Å²) in [6, 6.07) is 7.71. The second-order valence-electron chi connectivity index (χ2n) is 5.20. The van der Waals surface area contributed by atoms with Crippen molar-refractivity contribution < 1.29 is 13.6 Å². The van der Waals surface area contributed by atoms with Gasteiger partial charge in [0.05, 0.1) is 9.93 Å². The molecule has 2 aromatic heterocycles. The lowest BCUT2D eigenvalue weighted by atomic mass is 10.2. The third-order valence-electron chi connectivity index (χ3n) is 3.54. The zero-order chi connectivity index (χ0) is 18.3. The second kappa shape index (κ2) is 6.71. The van der Waals surface area contributed by atoms with E-state index >= 15 is 0 Å². The summed E-state index contributed by atoms with van der Waals surface area (Å²) in [6.07, 6.45) is 3.16. The van der Waals surface area contributed by atoms with Crippen LogP contribution in [-0.2, 0) is 4.79 Å². The van der Waals surface area contributed by atoms with Gasteiger partial charge in [-0.05, 0) is 42.1 Å². The first-order valence-electron chi connectivity index (χ1n) is 7.30. The lowest BCUT2D eigenvalue weighted by molar-refractivity contribution is -0.113. The van der Waals surface area contributed by atoms with Crippen LogP contribution in [-0.4, -0.2) is 16.1 Å². The number of carbonyl (C=O) groups is 1. The number of nitrogens with zero attached hydrogens (tertiary/aromatic N) is 2. The molecule has 1 N–H and O–H groups in total. The number of thiazole rings is 1. The highest BCUT2D eigenvalue weighted by molar-refractivity contribution is 8.19. The summed E-state index contributed by atoms with van der Waals surface area (Å²) < 4.78 is 19.0. The van der Waals surface area contributed by atoms with E-state index in [9.17, 15) is 9.18 Å². The van der Waals surface area contributed by atoms with Crippen molar-refractivity contribution in [3.8, 4) is 11.3 Å². The van der Waals surface area contributed by atoms with Crippen molar-refractivity contribution in [1.29, 1.82) is 5.41 Å². The minimum atomic E-state index is -0.502. The van der Waals surface area contributed by atoms with Crippen molar-refractivity contribution in [2.75, 3.05) is 4.90 Å². The first-order chi connectivity index (χ1) is 12.5. The number of amides is 1. The Morgan fingerprint density at radius 1 is 1.31 bits per heavy atom. The van der Waals surface area contributed by atoms with Crippen LogP contribution in [0.1, 0.15) is 5.76 Å². The molecule has 0 atom stereocenters.